The van der Waals surface area contributed by atoms with E-state index in [0.717, 1.165) is 5.69 Å². The van der Waals surface area contributed by atoms with Crippen LogP contribution in [0.15, 0.2) is 36.5 Å². The van der Waals surface area contributed by atoms with Gasteiger partial charge >= 0.3 is 0 Å². The first-order chi connectivity index (χ1) is 11.9. The van der Waals surface area contributed by atoms with Crippen LogP contribution < -0.4 is 16.0 Å². The third-order valence-electron chi connectivity index (χ3n) is 3.70. The molecular formula is C16H19N5O3S. The van der Waals surface area contributed by atoms with Gasteiger partial charge in [-0.1, -0.05) is 0 Å². The lowest BCUT2D eigenvalue weighted by Gasteiger charge is -2.12. The number of carbonyl (C=O) groups is 1. The molecule has 1 atom stereocenters. The van der Waals surface area contributed by atoms with Crippen molar-refractivity contribution in [3.05, 3.63) is 36.5 Å². The second-order valence-electron chi connectivity index (χ2n) is 5.89. The highest BCUT2D eigenvalue weighted by Gasteiger charge is 2.28. The minimum absolute atomic E-state index is 0.110. The fourth-order valence-electron chi connectivity index (χ4n) is 2.58. The van der Waals surface area contributed by atoms with Gasteiger partial charge in [-0.2, -0.15) is 4.98 Å². The second kappa shape index (κ2) is 7.06. The molecule has 1 saturated heterocycles. The lowest BCUT2D eigenvalue weighted by atomic mass is 10.2. The molecule has 3 N–H and O–H groups in total. The quantitative estimate of drug-likeness (QED) is 0.744. The molecule has 0 spiro atoms. The highest BCUT2D eigenvalue weighted by atomic mass is 32.2. The number of amides is 1. The number of hydrogen-bond acceptors (Lipinski definition) is 7. The predicted molar refractivity (Wildman–Crippen MR) is 96.7 cm³/mol. The summed E-state index contributed by atoms with van der Waals surface area (Å²) < 4.78 is 23.0. The first-order valence-corrected chi connectivity index (χ1v) is 9.66. The van der Waals surface area contributed by atoms with Crippen molar-refractivity contribution in [2.75, 3.05) is 27.5 Å². The minimum atomic E-state index is -2.95. The summed E-state index contributed by atoms with van der Waals surface area (Å²) in [7, 11) is -2.95. The summed E-state index contributed by atoms with van der Waals surface area (Å²) in [5, 5.41) is 8.91. The van der Waals surface area contributed by atoms with E-state index in [4.69, 9.17) is 0 Å². The van der Waals surface area contributed by atoms with E-state index in [-0.39, 0.29) is 23.5 Å². The van der Waals surface area contributed by atoms with E-state index >= 15 is 0 Å². The van der Waals surface area contributed by atoms with Crippen molar-refractivity contribution in [1.82, 2.24) is 9.97 Å². The van der Waals surface area contributed by atoms with Gasteiger partial charge in [-0.15, -0.1) is 0 Å². The SMILES string of the molecule is CC(=O)Nc1ccc(Nc2ccnc(NC3CCS(=O)(=O)C3)n2)cc1. The zero-order valence-corrected chi connectivity index (χ0v) is 14.5. The summed E-state index contributed by atoms with van der Waals surface area (Å²) in [6.07, 6.45) is 2.17. The fraction of sp³-hybridized carbons (Fsp3) is 0.312. The summed E-state index contributed by atoms with van der Waals surface area (Å²) in [5.41, 5.74) is 1.52. The van der Waals surface area contributed by atoms with Gasteiger partial charge in [0.1, 0.15) is 5.82 Å². The van der Waals surface area contributed by atoms with E-state index in [1.54, 1.807) is 24.4 Å². The Kier molecular flexibility index (Phi) is 4.84. The molecule has 3 rings (SSSR count). The van der Waals surface area contributed by atoms with Crippen molar-refractivity contribution in [1.29, 1.82) is 0 Å². The highest BCUT2D eigenvalue weighted by Crippen LogP contribution is 2.19. The Morgan fingerprint density at radius 2 is 1.88 bits per heavy atom. The maximum atomic E-state index is 11.5. The van der Waals surface area contributed by atoms with E-state index < -0.39 is 9.84 Å². The Hall–Kier alpha value is -2.68. The van der Waals surface area contributed by atoms with Crippen LogP contribution in [0, 0.1) is 0 Å². The normalized spacial score (nSPS) is 18.5. The number of sulfone groups is 1. The van der Waals surface area contributed by atoms with Crippen molar-refractivity contribution in [2.45, 2.75) is 19.4 Å². The molecule has 0 radical (unpaired) electrons. The maximum Gasteiger partial charge on any atom is 0.224 e. The highest BCUT2D eigenvalue weighted by molar-refractivity contribution is 7.91. The van der Waals surface area contributed by atoms with E-state index in [1.807, 2.05) is 12.1 Å². The zero-order valence-electron chi connectivity index (χ0n) is 13.7. The summed E-state index contributed by atoms with van der Waals surface area (Å²) in [4.78, 5) is 19.5. The van der Waals surface area contributed by atoms with E-state index in [0.29, 0.717) is 23.9 Å². The van der Waals surface area contributed by atoms with Gasteiger partial charge in [0, 0.05) is 30.5 Å². The number of rotatable bonds is 5. The molecular weight excluding hydrogens is 342 g/mol. The molecule has 1 aromatic carbocycles. The molecule has 2 aromatic rings. The molecule has 0 saturated carbocycles. The average molecular weight is 361 g/mol. The van der Waals surface area contributed by atoms with Crippen LogP contribution in [0.2, 0.25) is 0 Å². The zero-order chi connectivity index (χ0) is 17.9. The number of hydrogen-bond donors (Lipinski definition) is 3. The van der Waals surface area contributed by atoms with Gasteiger partial charge in [0.05, 0.1) is 11.5 Å². The van der Waals surface area contributed by atoms with E-state index in [9.17, 15) is 13.2 Å². The summed E-state index contributed by atoms with van der Waals surface area (Å²) in [6.45, 7) is 1.46. The summed E-state index contributed by atoms with van der Waals surface area (Å²) in [5.74, 6) is 1.16. The molecule has 1 amide bonds. The van der Waals surface area contributed by atoms with Crippen LogP contribution in [0.1, 0.15) is 13.3 Å². The topological polar surface area (TPSA) is 113 Å². The van der Waals surface area contributed by atoms with Crippen molar-refractivity contribution in [3.8, 4) is 0 Å². The Labute approximate surface area is 146 Å². The molecule has 0 bridgehead atoms. The van der Waals surface area contributed by atoms with Crippen molar-refractivity contribution in [2.24, 2.45) is 0 Å². The summed E-state index contributed by atoms with van der Waals surface area (Å²) >= 11 is 0. The van der Waals surface area contributed by atoms with Crippen LogP contribution in [-0.2, 0) is 14.6 Å². The van der Waals surface area contributed by atoms with Gasteiger partial charge in [0.2, 0.25) is 11.9 Å². The minimum Gasteiger partial charge on any atom is -0.350 e. The number of aromatic nitrogens is 2. The number of nitrogens with one attached hydrogen (secondary N) is 3. The van der Waals surface area contributed by atoms with Crippen LogP contribution in [0.5, 0.6) is 0 Å². The molecule has 9 heteroatoms. The maximum absolute atomic E-state index is 11.5. The molecule has 132 valence electrons. The van der Waals surface area contributed by atoms with E-state index in [2.05, 4.69) is 25.9 Å². The predicted octanol–water partition coefficient (Wildman–Crippen LogP) is 1.78. The lowest BCUT2D eigenvalue weighted by molar-refractivity contribution is -0.114. The smallest absolute Gasteiger partial charge is 0.224 e. The molecule has 1 fully saturated rings. The van der Waals surface area contributed by atoms with Crippen molar-refractivity contribution < 1.29 is 13.2 Å². The number of anilines is 4. The molecule has 2 heterocycles. The van der Waals surface area contributed by atoms with Gasteiger partial charge in [-0.05, 0) is 36.8 Å². The Balaban J connectivity index is 1.64. The third kappa shape index (κ3) is 4.90. The Morgan fingerprint density at radius 1 is 1.16 bits per heavy atom. The fourth-order valence-corrected chi connectivity index (χ4v) is 4.25. The largest absolute Gasteiger partial charge is 0.350 e. The molecule has 8 nitrogen and oxygen atoms in total. The van der Waals surface area contributed by atoms with Crippen LogP contribution in [0.3, 0.4) is 0 Å². The molecule has 1 unspecified atom stereocenters. The van der Waals surface area contributed by atoms with Crippen LogP contribution in [-0.4, -0.2) is 41.8 Å². The Bertz CT molecular complexity index is 868. The van der Waals surface area contributed by atoms with Gasteiger partial charge in [0.15, 0.2) is 9.84 Å². The average Bonchev–Trinajstić information content (AvgIpc) is 2.88. The summed E-state index contributed by atoms with van der Waals surface area (Å²) in [6, 6.07) is 8.78. The first-order valence-electron chi connectivity index (χ1n) is 7.84. The van der Waals surface area contributed by atoms with Crippen LogP contribution in [0.4, 0.5) is 23.1 Å². The Morgan fingerprint density at radius 3 is 2.52 bits per heavy atom. The number of nitrogens with zero attached hydrogens (tertiary/aromatic N) is 2. The van der Waals surface area contributed by atoms with Gasteiger partial charge in [0.25, 0.3) is 0 Å². The lowest BCUT2D eigenvalue weighted by Crippen LogP contribution is -2.22. The number of benzene rings is 1. The first kappa shape index (κ1) is 17.2. The van der Waals surface area contributed by atoms with Gasteiger partial charge in [-0.3, -0.25) is 4.79 Å². The van der Waals surface area contributed by atoms with Gasteiger partial charge in [-0.25, -0.2) is 13.4 Å². The number of carbonyl (C=O) groups excluding carboxylic acids is 1. The third-order valence-corrected chi connectivity index (χ3v) is 5.47. The monoisotopic (exact) mass is 361 g/mol. The van der Waals surface area contributed by atoms with Crippen LogP contribution in [0.25, 0.3) is 0 Å². The molecule has 1 aliphatic rings. The van der Waals surface area contributed by atoms with E-state index in [1.165, 1.54) is 6.92 Å². The molecule has 0 aliphatic carbocycles. The molecule has 25 heavy (non-hydrogen) atoms. The van der Waals surface area contributed by atoms with Crippen molar-refractivity contribution in [3.63, 3.8) is 0 Å². The van der Waals surface area contributed by atoms with Crippen molar-refractivity contribution >= 4 is 38.9 Å². The second-order valence-corrected chi connectivity index (χ2v) is 8.12. The standard InChI is InChI=1S/C16H19N5O3S/c1-11(22)18-12-2-4-13(5-3-12)19-15-6-8-17-16(21-15)20-14-7-9-25(23,24)10-14/h2-6,8,14H,7,9-10H2,1H3,(H,18,22)(H2,17,19,20,21). The molecule has 1 aromatic heterocycles. The molecule has 1 aliphatic heterocycles. The van der Waals surface area contributed by atoms with Crippen LogP contribution >= 0.6 is 0 Å². The van der Waals surface area contributed by atoms with Gasteiger partial charge < -0.3 is 16.0 Å².